The minimum absolute atomic E-state index is 0.114. The molecular formula is C17H13ClFN3O2S. The molecule has 1 aromatic heterocycles. The first-order valence-corrected chi connectivity index (χ1v) is 8.57. The maximum Gasteiger partial charge on any atom is 0.266 e. The van der Waals surface area contributed by atoms with Gasteiger partial charge in [0.1, 0.15) is 5.82 Å². The van der Waals surface area contributed by atoms with Crippen LogP contribution in [0.15, 0.2) is 52.4 Å². The van der Waals surface area contributed by atoms with E-state index in [0.29, 0.717) is 16.6 Å². The number of amides is 1. The number of aromatic nitrogens is 2. The van der Waals surface area contributed by atoms with Gasteiger partial charge in [0.15, 0.2) is 5.16 Å². The third-order valence-electron chi connectivity index (χ3n) is 3.59. The van der Waals surface area contributed by atoms with Crippen LogP contribution in [0.2, 0.25) is 5.02 Å². The van der Waals surface area contributed by atoms with E-state index in [0.717, 1.165) is 11.8 Å². The molecule has 0 radical (unpaired) electrons. The number of fused-ring (bicyclic) bond motifs is 1. The van der Waals surface area contributed by atoms with Crippen LogP contribution in [0.25, 0.3) is 16.6 Å². The standard InChI is InChI=1S/C17H13ClFN3O2S/c1-9(15(20)23)25-17-21-14-5-3-2-4-11(14)16(24)22(17)10-6-7-13(19)12(18)8-10/h2-9H,1H3,(H2,20,23)/t9-/m0/s1. The van der Waals surface area contributed by atoms with Crippen LogP contribution < -0.4 is 11.3 Å². The largest absolute Gasteiger partial charge is 0.369 e. The van der Waals surface area contributed by atoms with Crippen LogP contribution in [0.3, 0.4) is 0 Å². The van der Waals surface area contributed by atoms with Crippen LogP contribution in [0, 0.1) is 5.82 Å². The third kappa shape index (κ3) is 3.38. The van der Waals surface area contributed by atoms with Crippen molar-refractivity contribution >= 4 is 40.2 Å². The van der Waals surface area contributed by atoms with Crippen LogP contribution in [0.4, 0.5) is 4.39 Å². The van der Waals surface area contributed by atoms with Crippen molar-refractivity contribution < 1.29 is 9.18 Å². The fraction of sp³-hybridized carbons (Fsp3) is 0.118. The van der Waals surface area contributed by atoms with Crippen molar-refractivity contribution in [1.29, 1.82) is 0 Å². The number of rotatable bonds is 4. The number of primary amides is 1. The van der Waals surface area contributed by atoms with E-state index < -0.39 is 17.0 Å². The molecule has 5 nitrogen and oxygen atoms in total. The molecule has 3 rings (SSSR count). The lowest BCUT2D eigenvalue weighted by Crippen LogP contribution is -2.26. The minimum atomic E-state index is -0.602. The average Bonchev–Trinajstić information content (AvgIpc) is 2.58. The average molecular weight is 378 g/mol. The molecule has 1 amide bonds. The molecule has 1 atom stereocenters. The topological polar surface area (TPSA) is 78.0 Å². The molecule has 0 aliphatic carbocycles. The molecule has 128 valence electrons. The van der Waals surface area contributed by atoms with Gasteiger partial charge in [-0.1, -0.05) is 35.5 Å². The summed E-state index contributed by atoms with van der Waals surface area (Å²) in [6.07, 6.45) is 0. The molecule has 0 fully saturated rings. The number of carbonyl (C=O) groups excluding carboxylic acids is 1. The normalized spacial score (nSPS) is 12.3. The Labute approximate surface area is 151 Å². The van der Waals surface area contributed by atoms with Crippen LogP contribution in [0.5, 0.6) is 0 Å². The summed E-state index contributed by atoms with van der Waals surface area (Å²) in [5.74, 6) is -1.12. The molecule has 3 aromatic rings. The predicted molar refractivity (Wildman–Crippen MR) is 96.8 cm³/mol. The zero-order valence-corrected chi connectivity index (χ0v) is 14.6. The van der Waals surface area contributed by atoms with Gasteiger partial charge in [-0.3, -0.25) is 14.2 Å². The van der Waals surface area contributed by atoms with E-state index in [4.69, 9.17) is 17.3 Å². The number of thioether (sulfide) groups is 1. The number of hydrogen-bond acceptors (Lipinski definition) is 4. The van der Waals surface area contributed by atoms with Gasteiger partial charge < -0.3 is 5.73 Å². The summed E-state index contributed by atoms with van der Waals surface area (Å²) in [5.41, 5.74) is 5.83. The third-order valence-corrected chi connectivity index (χ3v) is 4.95. The highest BCUT2D eigenvalue weighted by atomic mass is 35.5. The lowest BCUT2D eigenvalue weighted by molar-refractivity contribution is -0.117. The lowest BCUT2D eigenvalue weighted by atomic mass is 10.2. The molecule has 0 saturated carbocycles. The Bertz CT molecular complexity index is 1040. The van der Waals surface area contributed by atoms with Gasteiger partial charge in [0.05, 0.1) is 26.9 Å². The summed E-state index contributed by atoms with van der Waals surface area (Å²) in [6, 6.07) is 10.8. The molecule has 2 N–H and O–H groups in total. The van der Waals surface area contributed by atoms with Crippen molar-refractivity contribution in [3.05, 3.63) is 63.7 Å². The van der Waals surface area contributed by atoms with E-state index in [-0.39, 0.29) is 15.7 Å². The van der Waals surface area contributed by atoms with Crippen LogP contribution >= 0.6 is 23.4 Å². The van der Waals surface area contributed by atoms with Gasteiger partial charge in [0.2, 0.25) is 5.91 Å². The quantitative estimate of drug-likeness (QED) is 0.559. The van der Waals surface area contributed by atoms with Gasteiger partial charge in [-0.15, -0.1) is 0 Å². The van der Waals surface area contributed by atoms with Crippen molar-refractivity contribution in [1.82, 2.24) is 9.55 Å². The number of nitrogens with zero attached hydrogens (tertiary/aromatic N) is 2. The maximum atomic E-state index is 13.5. The molecule has 0 unspecified atom stereocenters. The van der Waals surface area contributed by atoms with E-state index in [1.807, 2.05) is 0 Å². The van der Waals surface area contributed by atoms with Crippen molar-refractivity contribution in [2.75, 3.05) is 0 Å². The fourth-order valence-corrected chi connectivity index (χ4v) is 3.31. The summed E-state index contributed by atoms with van der Waals surface area (Å²) < 4.78 is 14.8. The van der Waals surface area contributed by atoms with Gasteiger partial charge in [0, 0.05) is 0 Å². The summed E-state index contributed by atoms with van der Waals surface area (Å²) in [5, 5.41) is -0.0385. The Hall–Kier alpha value is -2.38. The second-order valence-corrected chi connectivity index (χ2v) is 7.03. The zero-order chi connectivity index (χ0) is 18.1. The number of para-hydroxylation sites is 1. The highest BCUT2D eigenvalue weighted by Crippen LogP contribution is 2.26. The highest BCUT2D eigenvalue weighted by molar-refractivity contribution is 8.00. The van der Waals surface area contributed by atoms with Crippen LogP contribution in [0.1, 0.15) is 6.92 Å². The summed E-state index contributed by atoms with van der Waals surface area (Å²) in [7, 11) is 0. The van der Waals surface area contributed by atoms with Crippen LogP contribution in [-0.4, -0.2) is 20.7 Å². The lowest BCUT2D eigenvalue weighted by Gasteiger charge is -2.15. The minimum Gasteiger partial charge on any atom is -0.369 e. The van der Waals surface area contributed by atoms with E-state index in [9.17, 15) is 14.0 Å². The van der Waals surface area contributed by atoms with Crippen molar-refractivity contribution in [2.45, 2.75) is 17.3 Å². The smallest absolute Gasteiger partial charge is 0.266 e. The predicted octanol–water partition coefficient (Wildman–Crippen LogP) is 3.14. The van der Waals surface area contributed by atoms with E-state index in [1.54, 1.807) is 31.2 Å². The van der Waals surface area contributed by atoms with Crippen LogP contribution in [-0.2, 0) is 4.79 Å². The molecule has 0 aliphatic rings. The second-order valence-electron chi connectivity index (χ2n) is 5.31. The van der Waals surface area contributed by atoms with Crippen molar-refractivity contribution in [3.8, 4) is 5.69 Å². The molecule has 0 aliphatic heterocycles. The van der Waals surface area contributed by atoms with E-state index in [2.05, 4.69) is 4.98 Å². The molecule has 1 heterocycles. The van der Waals surface area contributed by atoms with Gasteiger partial charge >= 0.3 is 0 Å². The Morgan fingerprint density at radius 1 is 1.32 bits per heavy atom. The highest BCUT2D eigenvalue weighted by Gasteiger charge is 2.19. The number of halogens is 2. The molecule has 2 aromatic carbocycles. The Kier molecular flexibility index (Phi) is 4.78. The summed E-state index contributed by atoms with van der Waals surface area (Å²) >= 11 is 6.90. The van der Waals surface area contributed by atoms with Gasteiger partial charge in [-0.05, 0) is 37.3 Å². The maximum absolute atomic E-state index is 13.5. The van der Waals surface area contributed by atoms with Gasteiger partial charge in [-0.25, -0.2) is 9.37 Å². The Morgan fingerprint density at radius 3 is 2.72 bits per heavy atom. The summed E-state index contributed by atoms with van der Waals surface area (Å²) in [4.78, 5) is 28.8. The Morgan fingerprint density at radius 2 is 2.04 bits per heavy atom. The summed E-state index contributed by atoms with van der Waals surface area (Å²) in [6.45, 7) is 1.62. The molecule has 8 heteroatoms. The molecule has 0 bridgehead atoms. The molecule has 25 heavy (non-hydrogen) atoms. The monoisotopic (exact) mass is 377 g/mol. The number of nitrogens with two attached hydrogens (primary N) is 1. The number of carbonyl (C=O) groups is 1. The molecule has 0 spiro atoms. The zero-order valence-electron chi connectivity index (χ0n) is 13.1. The van der Waals surface area contributed by atoms with Crippen molar-refractivity contribution in [2.24, 2.45) is 5.73 Å². The molecule has 0 saturated heterocycles. The number of hydrogen-bond donors (Lipinski definition) is 1. The second kappa shape index (κ2) is 6.85. The number of benzene rings is 2. The van der Waals surface area contributed by atoms with E-state index in [1.165, 1.54) is 22.8 Å². The first-order chi connectivity index (χ1) is 11.9. The fourth-order valence-electron chi connectivity index (χ4n) is 2.26. The van der Waals surface area contributed by atoms with E-state index >= 15 is 0 Å². The van der Waals surface area contributed by atoms with Crippen molar-refractivity contribution in [3.63, 3.8) is 0 Å². The SMILES string of the molecule is C[C@H](Sc1nc2ccccc2c(=O)n1-c1ccc(F)c(Cl)c1)C(N)=O. The first-order valence-electron chi connectivity index (χ1n) is 7.31. The van der Waals surface area contributed by atoms with Gasteiger partial charge in [-0.2, -0.15) is 0 Å². The Balaban J connectivity index is 2.29. The first kappa shape index (κ1) is 17.4. The van der Waals surface area contributed by atoms with Gasteiger partial charge in [0.25, 0.3) is 5.56 Å². The molecular weight excluding hydrogens is 365 g/mol.